The summed E-state index contributed by atoms with van der Waals surface area (Å²) in [6.45, 7) is 0. The first-order valence-corrected chi connectivity index (χ1v) is 11.1. The van der Waals surface area contributed by atoms with Crippen LogP contribution in [0.5, 0.6) is 17.4 Å². The van der Waals surface area contributed by atoms with E-state index in [9.17, 15) is 4.79 Å². The van der Waals surface area contributed by atoms with Gasteiger partial charge in [0.1, 0.15) is 12.1 Å². The minimum Gasteiger partial charge on any atom is -0.493 e. The molecule has 8 nitrogen and oxygen atoms in total. The van der Waals surface area contributed by atoms with Crippen LogP contribution in [0.2, 0.25) is 0 Å². The average molecular weight is 454 g/mol. The number of ether oxygens (including phenoxy) is 3. The van der Waals surface area contributed by atoms with E-state index in [4.69, 9.17) is 19.2 Å². The molecule has 6 rings (SSSR count). The van der Waals surface area contributed by atoms with Crippen molar-refractivity contribution in [2.24, 2.45) is 0 Å². The van der Waals surface area contributed by atoms with Gasteiger partial charge in [0.25, 0.3) is 0 Å². The molecule has 3 heterocycles. The number of benzene rings is 2. The van der Waals surface area contributed by atoms with Gasteiger partial charge in [-0.2, -0.15) is 0 Å². The Hall–Kier alpha value is -4.20. The van der Waals surface area contributed by atoms with Crippen molar-refractivity contribution in [1.82, 2.24) is 19.6 Å². The van der Waals surface area contributed by atoms with E-state index in [1.165, 1.54) is 0 Å². The third-order valence-electron chi connectivity index (χ3n) is 6.37. The van der Waals surface area contributed by atoms with E-state index in [0.29, 0.717) is 46.6 Å². The summed E-state index contributed by atoms with van der Waals surface area (Å²) in [6.07, 6.45) is 3.62. The van der Waals surface area contributed by atoms with Crippen molar-refractivity contribution in [3.63, 3.8) is 0 Å². The molecule has 170 valence electrons. The SMILES string of the molecule is COc1ccc(-c2nc3c4c(ncn3n2)OC2=C(C(=O)CCC2)[C@H]4c2ccccc2)cc1OC. The van der Waals surface area contributed by atoms with Crippen molar-refractivity contribution in [2.75, 3.05) is 14.2 Å². The summed E-state index contributed by atoms with van der Waals surface area (Å²) in [5.74, 6) is 2.72. The van der Waals surface area contributed by atoms with Crippen LogP contribution in [0.25, 0.3) is 17.0 Å². The van der Waals surface area contributed by atoms with Gasteiger partial charge < -0.3 is 14.2 Å². The van der Waals surface area contributed by atoms with E-state index in [0.717, 1.165) is 29.5 Å². The molecule has 0 bridgehead atoms. The molecule has 0 fully saturated rings. The highest BCUT2D eigenvalue weighted by Crippen LogP contribution is 2.47. The number of fused-ring (bicyclic) bond motifs is 3. The van der Waals surface area contributed by atoms with E-state index in [-0.39, 0.29) is 11.7 Å². The number of carbonyl (C=O) groups is 1. The normalized spacial score (nSPS) is 17.2. The highest BCUT2D eigenvalue weighted by Gasteiger charge is 2.39. The van der Waals surface area contributed by atoms with E-state index >= 15 is 0 Å². The average Bonchev–Trinajstić information content (AvgIpc) is 3.32. The topological polar surface area (TPSA) is 87.8 Å². The Morgan fingerprint density at radius 3 is 2.65 bits per heavy atom. The molecule has 1 aliphatic carbocycles. The van der Waals surface area contributed by atoms with Crippen LogP contribution in [-0.4, -0.2) is 39.6 Å². The lowest BCUT2D eigenvalue weighted by Gasteiger charge is -2.31. The molecular weight excluding hydrogens is 432 g/mol. The molecule has 0 saturated heterocycles. The summed E-state index contributed by atoms with van der Waals surface area (Å²) in [4.78, 5) is 22.5. The van der Waals surface area contributed by atoms with E-state index in [1.807, 2.05) is 48.5 Å². The maximum absolute atomic E-state index is 13.1. The Labute approximate surface area is 195 Å². The molecule has 8 heteroatoms. The molecule has 1 atom stereocenters. The predicted octanol–water partition coefficient (Wildman–Crippen LogP) is 4.34. The van der Waals surface area contributed by atoms with E-state index in [2.05, 4.69) is 10.1 Å². The van der Waals surface area contributed by atoms with Crippen LogP contribution in [0.4, 0.5) is 0 Å². The number of aromatic nitrogens is 4. The van der Waals surface area contributed by atoms with E-state index < -0.39 is 0 Å². The van der Waals surface area contributed by atoms with Crippen LogP contribution in [0.15, 0.2) is 66.2 Å². The molecule has 0 amide bonds. The van der Waals surface area contributed by atoms with Gasteiger partial charge in [0.15, 0.2) is 28.8 Å². The molecule has 2 aromatic heterocycles. The van der Waals surface area contributed by atoms with Crippen LogP contribution < -0.4 is 14.2 Å². The first-order valence-electron chi connectivity index (χ1n) is 11.1. The number of carbonyl (C=O) groups excluding carboxylic acids is 1. The van der Waals surface area contributed by atoms with Crippen LogP contribution in [-0.2, 0) is 4.79 Å². The zero-order valence-corrected chi connectivity index (χ0v) is 18.8. The van der Waals surface area contributed by atoms with Crippen molar-refractivity contribution in [3.8, 4) is 28.8 Å². The van der Waals surface area contributed by atoms with Gasteiger partial charge >= 0.3 is 0 Å². The monoisotopic (exact) mass is 454 g/mol. The van der Waals surface area contributed by atoms with Gasteiger partial charge in [-0.3, -0.25) is 4.79 Å². The summed E-state index contributed by atoms with van der Waals surface area (Å²) in [6, 6.07) is 15.5. The Bertz CT molecular complexity index is 1460. The van der Waals surface area contributed by atoms with Gasteiger partial charge in [-0.25, -0.2) is 14.5 Å². The molecule has 34 heavy (non-hydrogen) atoms. The van der Waals surface area contributed by atoms with E-state index in [1.54, 1.807) is 25.1 Å². The molecule has 0 unspecified atom stereocenters. The smallest absolute Gasteiger partial charge is 0.228 e. The summed E-state index contributed by atoms with van der Waals surface area (Å²) < 4.78 is 18.6. The number of hydrogen-bond donors (Lipinski definition) is 0. The molecule has 2 aliphatic rings. The molecule has 4 aromatic rings. The lowest BCUT2D eigenvalue weighted by Crippen LogP contribution is -2.26. The first kappa shape index (κ1) is 20.4. The van der Waals surface area contributed by atoms with Gasteiger partial charge in [-0.05, 0) is 30.2 Å². The second-order valence-corrected chi connectivity index (χ2v) is 8.30. The molecule has 1 aliphatic heterocycles. The number of allylic oxidation sites excluding steroid dienone is 2. The molecule has 0 N–H and O–H groups in total. The molecule has 0 saturated carbocycles. The fourth-order valence-electron chi connectivity index (χ4n) is 4.79. The number of hydrogen-bond acceptors (Lipinski definition) is 7. The second-order valence-electron chi connectivity index (χ2n) is 8.30. The lowest BCUT2D eigenvalue weighted by molar-refractivity contribution is -0.116. The van der Waals surface area contributed by atoms with Gasteiger partial charge in [-0.15, -0.1) is 5.10 Å². The summed E-state index contributed by atoms with van der Waals surface area (Å²) in [5.41, 5.74) is 3.84. The maximum atomic E-state index is 13.1. The van der Waals surface area contributed by atoms with Crippen LogP contribution in [0, 0.1) is 0 Å². The third kappa shape index (κ3) is 3.14. The summed E-state index contributed by atoms with van der Waals surface area (Å²) in [5, 5.41) is 4.66. The quantitative estimate of drug-likeness (QED) is 0.453. The molecule has 2 aromatic carbocycles. The van der Waals surface area contributed by atoms with Crippen molar-refractivity contribution in [3.05, 3.63) is 77.3 Å². The van der Waals surface area contributed by atoms with Gasteiger partial charge in [-0.1, -0.05) is 30.3 Å². The number of nitrogens with zero attached hydrogens (tertiary/aromatic N) is 4. The van der Waals surface area contributed by atoms with Crippen molar-refractivity contribution in [2.45, 2.75) is 25.2 Å². The molecule has 0 radical (unpaired) electrons. The number of methoxy groups -OCH3 is 2. The maximum Gasteiger partial charge on any atom is 0.228 e. The molecular formula is C26H22N4O4. The first-order chi connectivity index (χ1) is 16.7. The Morgan fingerprint density at radius 1 is 1.03 bits per heavy atom. The predicted molar refractivity (Wildman–Crippen MR) is 124 cm³/mol. The van der Waals surface area contributed by atoms with Crippen LogP contribution >= 0.6 is 0 Å². The number of ketones is 1. The lowest BCUT2D eigenvalue weighted by atomic mass is 9.78. The second kappa shape index (κ2) is 7.98. The summed E-state index contributed by atoms with van der Waals surface area (Å²) >= 11 is 0. The fourth-order valence-corrected chi connectivity index (χ4v) is 4.79. The van der Waals surface area contributed by atoms with Gasteiger partial charge in [0.05, 0.1) is 19.8 Å². The Kier molecular flexibility index (Phi) is 4.79. The largest absolute Gasteiger partial charge is 0.493 e. The van der Waals surface area contributed by atoms with Crippen molar-refractivity contribution >= 4 is 11.4 Å². The zero-order chi connectivity index (χ0) is 23.2. The number of Topliss-reactive ketones (excluding diaryl/α,β-unsaturated/α-hetero) is 1. The zero-order valence-electron chi connectivity index (χ0n) is 18.8. The van der Waals surface area contributed by atoms with Crippen molar-refractivity contribution in [1.29, 1.82) is 0 Å². The Morgan fingerprint density at radius 2 is 1.85 bits per heavy atom. The van der Waals surface area contributed by atoms with Crippen molar-refractivity contribution < 1.29 is 19.0 Å². The van der Waals surface area contributed by atoms with Gasteiger partial charge in [0, 0.05) is 29.9 Å². The number of rotatable bonds is 4. The highest BCUT2D eigenvalue weighted by atomic mass is 16.5. The fraction of sp³-hybridized carbons (Fsp3) is 0.231. The minimum atomic E-state index is -0.314. The minimum absolute atomic E-state index is 0.113. The van der Waals surface area contributed by atoms with Gasteiger partial charge in [0.2, 0.25) is 5.88 Å². The summed E-state index contributed by atoms with van der Waals surface area (Å²) in [7, 11) is 3.19. The third-order valence-corrected chi connectivity index (χ3v) is 6.37. The van der Waals surface area contributed by atoms with Crippen LogP contribution in [0.1, 0.15) is 36.3 Å². The standard InChI is InChI=1S/C26H22N4O4/c1-32-18-12-11-16(13-20(18)33-2)24-28-25-23-21(15-7-4-3-5-8-15)22-17(31)9-6-10-19(22)34-26(23)27-14-30(25)29-24/h3-5,7-8,11-14,21H,6,9-10H2,1-2H3/t21-/m1/s1. The highest BCUT2D eigenvalue weighted by molar-refractivity contribution is 6.00. The molecule has 0 spiro atoms. The Balaban J connectivity index is 1.56. The van der Waals surface area contributed by atoms with Crippen LogP contribution in [0.3, 0.4) is 0 Å².